The fourth-order valence-electron chi connectivity index (χ4n) is 1.30. The fourth-order valence-corrected chi connectivity index (χ4v) is 2.25. The van der Waals surface area contributed by atoms with Crippen LogP contribution in [0.4, 0.5) is 0 Å². The van der Waals surface area contributed by atoms with Gasteiger partial charge in [0.25, 0.3) is 0 Å². The minimum absolute atomic E-state index is 0.0165. The molecule has 1 aromatic heterocycles. The van der Waals surface area contributed by atoms with E-state index >= 15 is 0 Å². The third-order valence-electron chi connectivity index (χ3n) is 2.37. The van der Waals surface area contributed by atoms with Crippen molar-refractivity contribution >= 4 is 19.7 Å². The molecule has 0 radical (unpaired) electrons. The van der Waals surface area contributed by atoms with Crippen molar-refractivity contribution in [3.63, 3.8) is 0 Å². The number of aromatic nitrogens is 1. The van der Waals surface area contributed by atoms with Gasteiger partial charge in [0.2, 0.25) is 9.05 Å². The molecule has 0 aliphatic heterocycles. The van der Waals surface area contributed by atoms with E-state index in [4.69, 9.17) is 15.4 Å². The predicted molar refractivity (Wildman–Crippen MR) is 67.8 cm³/mol. The van der Waals surface area contributed by atoms with Gasteiger partial charge in [-0.2, -0.15) is 0 Å². The summed E-state index contributed by atoms with van der Waals surface area (Å²) in [4.78, 5) is 3.93. The summed E-state index contributed by atoms with van der Waals surface area (Å²) in [6, 6.07) is 3.64. The van der Waals surface area contributed by atoms with Crippen LogP contribution in [-0.4, -0.2) is 25.8 Å². The van der Waals surface area contributed by atoms with Crippen LogP contribution in [0.15, 0.2) is 24.5 Å². The molecular formula is C11H16ClNO3S. The second kappa shape index (κ2) is 6.81. The number of pyridine rings is 1. The summed E-state index contributed by atoms with van der Waals surface area (Å²) in [5, 5.41) is 0. The Labute approximate surface area is 106 Å². The highest BCUT2D eigenvalue weighted by Crippen LogP contribution is 2.13. The molecule has 0 bridgehead atoms. The lowest BCUT2D eigenvalue weighted by molar-refractivity contribution is 0.281. The number of nitrogens with zero attached hydrogens (tertiary/aromatic N) is 1. The number of rotatable bonds is 7. The summed E-state index contributed by atoms with van der Waals surface area (Å²) >= 11 is 0. The van der Waals surface area contributed by atoms with Crippen molar-refractivity contribution in [1.29, 1.82) is 0 Å². The topological polar surface area (TPSA) is 56.3 Å². The average Bonchev–Trinajstić information content (AvgIpc) is 2.27. The normalized spacial score (nSPS) is 13.3. The quantitative estimate of drug-likeness (QED) is 0.719. The zero-order valence-electron chi connectivity index (χ0n) is 9.67. The summed E-state index contributed by atoms with van der Waals surface area (Å²) in [5.74, 6) is 1.01. The molecule has 1 atom stereocenters. The SMILES string of the molecule is CC(CCOc1cccnc1)CCS(=O)(=O)Cl. The van der Waals surface area contributed by atoms with Crippen molar-refractivity contribution in [3.05, 3.63) is 24.5 Å². The van der Waals surface area contributed by atoms with Gasteiger partial charge in [0, 0.05) is 16.9 Å². The van der Waals surface area contributed by atoms with Crippen molar-refractivity contribution in [3.8, 4) is 5.75 Å². The van der Waals surface area contributed by atoms with Crippen molar-refractivity contribution in [2.45, 2.75) is 19.8 Å². The van der Waals surface area contributed by atoms with Gasteiger partial charge in [-0.1, -0.05) is 6.92 Å². The van der Waals surface area contributed by atoms with E-state index < -0.39 is 9.05 Å². The molecule has 0 aromatic carbocycles. The molecule has 0 aliphatic rings. The molecule has 0 saturated carbocycles. The number of halogens is 1. The third-order valence-corrected chi connectivity index (χ3v) is 3.55. The lowest BCUT2D eigenvalue weighted by Gasteiger charge is -2.11. The second-order valence-electron chi connectivity index (χ2n) is 3.96. The predicted octanol–water partition coefficient (Wildman–Crippen LogP) is 2.45. The molecule has 1 rings (SSSR count). The first-order valence-corrected chi connectivity index (χ1v) is 7.90. The van der Waals surface area contributed by atoms with E-state index in [-0.39, 0.29) is 11.7 Å². The Kier molecular flexibility index (Phi) is 5.71. The molecule has 6 heteroatoms. The Morgan fingerprint density at radius 3 is 2.82 bits per heavy atom. The van der Waals surface area contributed by atoms with Crippen LogP contribution in [0.2, 0.25) is 0 Å². The maximum atomic E-state index is 10.8. The Morgan fingerprint density at radius 2 is 2.24 bits per heavy atom. The number of hydrogen-bond donors (Lipinski definition) is 0. The standard InChI is InChI=1S/C11H16ClNO3S/c1-10(5-8-17(12,14)15)4-7-16-11-3-2-6-13-9-11/h2-3,6,9-10H,4-5,7-8H2,1H3. The highest BCUT2D eigenvalue weighted by atomic mass is 35.7. The van der Waals surface area contributed by atoms with Crippen LogP contribution in [0.25, 0.3) is 0 Å². The molecule has 0 N–H and O–H groups in total. The largest absolute Gasteiger partial charge is 0.492 e. The maximum absolute atomic E-state index is 10.8. The van der Waals surface area contributed by atoms with Crippen LogP contribution in [0.5, 0.6) is 5.75 Å². The third kappa shape index (κ3) is 7.18. The van der Waals surface area contributed by atoms with Gasteiger partial charge in [-0.15, -0.1) is 0 Å². The van der Waals surface area contributed by atoms with E-state index in [0.29, 0.717) is 13.0 Å². The summed E-state index contributed by atoms with van der Waals surface area (Å²) in [5.41, 5.74) is 0. The average molecular weight is 278 g/mol. The van der Waals surface area contributed by atoms with Crippen LogP contribution in [0.3, 0.4) is 0 Å². The molecular weight excluding hydrogens is 262 g/mol. The summed E-state index contributed by atoms with van der Waals surface area (Å²) in [6.45, 7) is 2.53. The first-order valence-electron chi connectivity index (χ1n) is 5.42. The van der Waals surface area contributed by atoms with E-state index in [1.165, 1.54) is 0 Å². The second-order valence-corrected chi connectivity index (χ2v) is 6.86. The van der Waals surface area contributed by atoms with E-state index in [0.717, 1.165) is 12.2 Å². The van der Waals surface area contributed by atoms with Crippen LogP contribution in [0, 0.1) is 5.92 Å². The van der Waals surface area contributed by atoms with Gasteiger partial charge in [-0.3, -0.25) is 4.98 Å². The summed E-state index contributed by atoms with van der Waals surface area (Å²) < 4.78 is 27.0. The van der Waals surface area contributed by atoms with E-state index in [1.54, 1.807) is 18.5 Å². The van der Waals surface area contributed by atoms with Crippen LogP contribution in [-0.2, 0) is 9.05 Å². The van der Waals surface area contributed by atoms with Gasteiger partial charge in [0.05, 0.1) is 18.6 Å². The van der Waals surface area contributed by atoms with Gasteiger partial charge >= 0.3 is 0 Å². The first-order chi connectivity index (χ1) is 7.97. The maximum Gasteiger partial charge on any atom is 0.232 e. The molecule has 0 saturated heterocycles. The molecule has 1 unspecified atom stereocenters. The van der Waals surface area contributed by atoms with E-state index in [1.807, 2.05) is 13.0 Å². The molecule has 4 nitrogen and oxygen atoms in total. The highest BCUT2D eigenvalue weighted by Gasteiger charge is 2.09. The Hall–Kier alpha value is -0.810. The zero-order valence-corrected chi connectivity index (χ0v) is 11.2. The van der Waals surface area contributed by atoms with Gasteiger partial charge < -0.3 is 4.74 Å². The molecule has 0 aliphatic carbocycles. The minimum Gasteiger partial charge on any atom is -0.492 e. The lowest BCUT2D eigenvalue weighted by Crippen LogP contribution is -2.08. The van der Waals surface area contributed by atoms with Crippen molar-refractivity contribution in [1.82, 2.24) is 4.98 Å². The molecule has 0 spiro atoms. The molecule has 0 fully saturated rings. The van der Waals surface area contributed by atoms with Crippen LogP contribution < -0.4 is 4.74 Å². The molecule has 0 amide bonds. The Morgan fingerprint density at radius 1 is 1.47 bits per heavy atom. The number of hydrogen-bond acceptors (Lipinski definition) is 4. The molecule has 17 heavy (non-hydrogen) atoms. The molecule has 1 heterocycles. The first kappa shape index (κ1) is 14.3. The van der Waals surface area contributed by atoms with Crippen molar-refractivity contribution < 1.29 is 13.2 Å². The minimum atomic E-state index is -3.37. The van der Waals surface area contributed by atoms with E-state index in [9.17, 15) is 8.42 Å². The molecule has 1 aromatic rings. The zero-order chi connectivity index (χ0) is 12.7. The van der Waals surface area contributed by atoms with Gasteiger partial charge in [-0.25, -0.2) is 8.42 Å². The number of ether oxygens (including phenoxy) is 1. The van der Waals surface area contributed by atoms with Crippen LogP contribution >= 0.6 is 10.7 Å². The van der Waals surface area contributed by atoms with Crippen molar-refractivity contribution in [2.75, 3.05) is 12.4 Å². The fraction of sp³-hybridized carbons (Fsp3) is 0.545. The van der Waals surface area contributed by atoms with E-state index in [2.05, 4.69) is 4.98 Å². The smallest absolute Gasteiger partial charge is 0.232 e. The van der Waals surface area contributed by atoms with Crippen LogP contribution in [0.1, 0.15) is 19.8 Å². The Bertz CT molecular complexity index is 422. The summed E-state index contributed by atoms with van der Waals surface area (Å²) in [6.07, 6.45) is 4.68. The lowest BCUT2D eigenvalue weighted by atomic mass is 10.1. The monoisotopic (exact) mass is 277 g/mol. The highest BCUT2D eigenvalue weighted by molar-refractivity contribution is 8.13. The Balaban J connectivity index is 2.18. The molecule has 96 valence electrons. The van der Waals surface area contributed by atoms with Gasteiger partial charge in [0.15, 0.2) is 0 Å². The summed E-state index contributed by atoms with van der Waals surface area (Å²) in [7, 11) is 1.76. The van der Waals surface area contributed by atoms with Gasteiger partial charge in [-0.05, 0) is 30.9 Å². The van der Waals surface area contributed by atoms with Gasteiger partial charge in [0.1, 0.15) is 5.75 Å². The van der Waals surface area contributed by atoms with Crippen molar-refractivity contribution in [2.24, 2.45) is 5.92 Å².